The third kappa shape index (κ3) is 4.10. The molecule has 1 saturated heterocycles. The van der Waals surface area contributed by atoms with E-state index >= 15 is 0 Å². The van der Waals surface area contributed by atoms with Crippen molar-refractivity contribution in [3.05, 3.63) is 39.9 Å². The average Bonchev–Trinajstić information content (AvgIpc) is 3.10. The molecule has 2 aliphatic rings. The van der Waals surface area contributed by atoms with E-state index in [1.807, 2.05) is 6.07 Å². The second-order valence-corrected chi connectivity index (χ2v) is 8.94. The molecule has 0 saturated carbocycles. The highest BCUT2D eigenvalue weighted by Gasteiger charge is 2.33. The Balaban J connectivity index is 0.000000239. The van der Waals surface area contributed by atoms with Gasteiger partial charge in [0.15, 0.2) is 11.5 Å². The van der Waals surface area contributed by atoms with Crippen LogP contribution in [-0.4, -0.2) is 62.7 Å². The fourth-order valence-electron chi connectivity index (χ4n) is 4.00. The maximum atomic E-state index is 10.0. The molecule has 2 aromatic rings. The van der Waals surface area contributed by atoms with Crippen LogP contribution in [0.3, 0.4) is 0 Å². The van der Waals surface area contributed by atoms with Crippen molar-refractivity contribution in [1.82, 2.24) is 10.2 Å². The second kappa shape index (κ2) is 8.41. The van der Waals surface area contributed by atoms with E-state index in [-0.39, 0.29) is 5.56 Å². The first-order valence-electron chi connectivity index (χ1n) is 9.93. The normalized spacial score (nSPS) is 20.3. The van der Waals surface area contributed by atoms with E-state index in [0.717, 1.165) is 24.2 Å². The highest BCUT2D eigenvalue weighted by molar-refractivity contribution is 6.30. The number of aromatic hydroxyl groups is 5. The molecule has 2 aromatic carbocycles. The van der Waals surface area contributed by atoms with Gasteiger partial charge in [-0.15, -0.1) is 0 Å². The Bertz CT molecular complexity index is 919. The lowest BCUT2D eigenvalue weighted by molar-refractivity contribution is 0.123. The second-order valence-electron chi connectivity index (χ2n) is 8.50. The quantitative estimate of drug-likeness (QED) is 0.300. The Morgan fingerprint density at radius 2 is 1.60 bits per heavy atom. The Labute approximate surface area is 181 Å². The SMILES string of the molecule is CN1CCNCC1(C)C.Oc1c(O)c(O)c(C2CCc3cc(Cl)ccc32)c(O)c1O. The molecule has 1 aliphatic heterocycles. The number of nitrogens with zero attached hydrogens (tertiary/aromatic N) is 1. The Morgan fingerprint density at radius 3 is 2.13 bits per heavy atom. The van der Waals surface area contributed by atoms with Gasteiger partial charge in [0.1, 0.15) is 0 Å². The van der Waals surface area contributed by atoms with Gasteiger partial charge in [-0.2, -0.15) is 0 Å². The van der Waals surface area contributed by atoms with Crippen molar-refractivity contribution >= 4 is 11.6 Å². The minimum atomic E-state index is -0.942. The van der Waals surface area contributed by atoms with E-state index in [2.05, 4.69) is 31.1 Å². The van der Waals surface area contributed by atoms with Crippen molar-refractivity contribution in [1.29, 1.82) is 0 Å². The Morgan fingerprint density at radius 1 is 1.00 bits per heavy atom. The molecule has 1 aliphatic carbocycles. The molecular weight excluding hydrogens is 408 g/mol. The lowest BCUT2D eigenvalue weighted by Gasteiger charge is -2.40. The average molecular weight is 437 g/mol. The first-order chi connectivity index (χ1) is 14.0. The Hall–Kier alpha value is -2.35. The van der Waals surface area contributed by atoms with Crippen LogP contribution in [0.1, 0.15) is 42.9 Å². The van der Waals surface area contributed by atoms with E-state index in [1.54, 1.807) is 12.1 Å². The zero-order chi connectivity index (χ0) is 22.2. The van der Waals surface area contributed by atoms with E-state index in [4.69, 9.17) is 11.6 Å². The van der Waals surface area contributed by atoms with Crippen LogP contribution in [0.15, 0.2) is 18.2 Å². The lowest BCUT2D eigenvalue weighted by atomic mass is 9.90. The zero-order valence-corrected chi connectivity index (χ0v) is 18.2. The number of aryl methyl sites for hydroxylation is 1. The van der Waals surface area contributed by atoms with Gasteiger partial charge in [-0.3, -0.25) is 4.90 Å². The van der Waals surface area contributed by atoms with Crippen LogP contribution < -0.4 is 5.32 Å². The van der Waals surface area contributed by atoms with Crippen LogP contribution in [0, 0.1) is 0 Å². The highest BCUT2D eigenvalue weighted by atomic mass is 35.5. The molecule has 1 fully saturated rings. The van der Waals surface area contributed by atoms with Crippen molar-refractivity contribution < 1.29 is 25.5 Å². The summed E-state index contributed by atoms with van der Waals surface area (Å²) in [4.78, 5) is 2.39. The fourth-order valence-corrected chi connectivity index (χ4v) is 4.19. The van der Waals surface area contributed by atoms with Gasteiger partial charge < -0.3 is 30.8 Å². The molecule has 0 aromatic heterocycles. The van der Waals surface area contributed by atoms with Crippen LogP contribution in [0.25, 0.3) is 0 Å². The largest absolute Gasteiger partial charge is 0.504 e. The molecule has 7 nitrogen and oxygen atoms in total. The van der Waals surface area contributed by atoms with Crippen molar-refractivity contribution in [2.75, 3.05) is 26.7 Å². The molecule has 0 radical (unpaired) electrons. The number of likely N-dealkylation sites (N-methyl/N-ethyl adjacent to an activating group) is 1. The summed E-state index contributed by atoms with van der Waals surface area (Å²) in [5.74, 6) is -4.28. The van der Waals surface area contributed by atoms with Crippen molar-refractivity contribution in [2.24, 2.45) is 0 Å². The number of rotatable bonds is 1. The maximum absolute atomic E-state index is 10.0. The van der Waals surface area contributed by atoms with Crippen molar-refractivity contribution in [2.45, 2.75) is 38.1 Å². The third-order valence-corrected chi connectivity index (χ3v) is 6.39. The number of halogens is 1. The summed E-state index contributed by atoms with van der Waals surface area (Å²) >= 11 is 5.94. The van der Waals surface area contributed by atoms with E-state index in [0.29, 0.717) is 23.4 Å². The van der Waals surface area contributed by atoms with Gasteiger partial charge in [0.25, 0.3) is 0 Å². The topological polar surface area (TPSA) is 116 Å². The van der Waals surface area contributed by atoms with Crippen molar-refractivity contribution in [3.63, 3.8) is 0 Å². The standard InChI is InChI=1S/C15H13ClO5.C7H16N2/c16-7-2-4-8-6(5-7)1-3-9(8)10-11(17)13(19)15(21)14(20)12(10)18;1-7(2)6-8-4-5-9(7)3/h2,4-5,9,17-21H,1,3H2;8H,4-6H2,1-3H3. The minimum absolute atomic E-state index is 0.00359. The first kappa shape index (κ1) is 22.3. The van der Waals surface area contributed by atoms with Crippen molar-refractivity contribution in [3.8, 4) is 28.7 Å². The van der Waals surface area contributed by atoms with E-state index in [1.165, 1.54) is 6.54 Å². The molecule has 1 unspecified atom stereocenters. The number of hydrogen-bond acceptors (Lipinski definition) is 7. The molecule has 1 atom stereocenters. The molecule has 0 spiro atoms. The number of piperazine rings is 1. The summed E-state index contributed by atoms with van der Waals surface area (Å²) < 4.78 is 0. The van der Waals surface area contributed by atoms with Gasteiger partial charge >= 0.3 is 0 Å². The molecule has 0 amide bonds. The monoisotopic (exact) mass is 436 g/mol. The van der Waals surface area contributed by atoms with E-state index < -0.39 is 34.7 Å². The smallest absolute Gasteiger partial charge is 0.208 e. The number of fused-ring (bicyclic) bond motifs is 1. The molecule has 164 valence electrons. The van der Waals surface area contributed by atoms with Crippen LogP contribution in [0.2, 0.25) is 5.02 Å². The number of hydrogen-bond donors (Lipinski definition) is 6. The van der Waals surface area contributed by atoms with E-state index in [9.17, 15) is 25.5 Å². The summed E-state index contributed by atoms with van der Waals surface area (Å²) in [5.41, 5.74) is 2.20. The lowest BCUT2D eigenvalue weighted by Crippen LogP contribution is -2.55. The number of phenolic OH excluding ortho intramolecular Hbond substituents is 5. The predicted octanol–water partition coefficient (Wildman–Crippen LogP) is 3.25. The van der Waals surface area contributed by atoms with Crippen LogP contribution in [0.4, 0.5) is 0 Å². The highest BCUT2D eigenvalue weighted by Crippen LogP contribution is 2.56. The number of benzene rings is 2. The molecular formula is C22H29ClN2O5. The van der Waals surface area contributed by atoms with Gasteiger partial charge in [0.05, 0.1) is 5.56 Å². The van der Waals surface area contributed by atoms with Gasteiger partial charge in [-0.25, -0.2) is 0 Å². The number of nitrogens with one attached hydrogen (secondary N) is 1. The van der Waals surface area contributed by atoms with Crippen LogP contribution in [-0.2, 0) is 6.42 Å². The van der Waals surface area contributed by atoms with Gasteiger partial charge in [-0.1, -0.05) is 17.7 Å². The third-order valence-electron chi connectivity index (χ3n) is 6.15. The zero-order valence-electron chi connectivity index (χ0n) is 17.4. The summed E-state index contributed by atoms with van der Waals surface area (Å²) in [6.07, 6.45) is 1.28. The maximum Gasteiger partial charge on any atom is 0.208 e. The molecule has 6 N–H and O–H groups in total. The predicted molar refractivity (Wildman–Crippen MR) is 116 cm³/mol. The fraction of sp³-hybridized carbons (Fsp3) is 0.455. The number of phenols is 5. The molecule has 8 heteroatoms. The summed E-state index contributed by atoms with van der Waals surface area (Å²) in [6, 6.07) is 5.30. The first-order valence-corrected chi connectivity index (χ1v) is 10.3. The Kier molecular flexibility index (Phi) is 6.26. The van der Waals surface area contributed by atoms with Crippen LogP contribution in [0.5, 0.6) is 28.7 Å². The minimum Gasteiger partial charge on any atom is -0.504 e. The van der Waals surface area contributed by atoms with Gasteiger partial charge in [0.2, 0.25) is 17.2 Å². The molecule has 0 bridgehead atoms. The van der Waals surface area contributed by atoms with Crippen LogP contribution >= 0.6 is 11.6 Å². The summed E-state index contributed by atoms with van der Waals surface area (Å²) in [6.45, 7) is 7.95. The van der Waals surface area contributed by atoms with Gasteiger partial charge in [0, 0.05) is 36.1 Å². The summed E-state index contributed by atoms with van der Waals surface area (Å²) in [5, 5.41) is 52.7. The molecule has 4 rings (SSSR count). The molecule has 1 heterocycles. The molecule has 30 heavy (non-hydrogen) atoms. The summed E-state index contributed by atoms with van der Waals surface area (Å²) in [7, 11) is 2.18. The van der Waals surface area contributed by atoms with Gasteiger partial charge in [-0.05, 0) is 57.0 Å².